The van der Waals surface area contributed by atoms with E-state index in [1.54, 1.807) is 14.2 Å². The second kappa shape index (κ2) is 9.21. The molecule has 0 saturated carbocycles. The fraction of sp³-hybridized carbons (Fsp3) is 0.250. The van der Waals surface area contributed by atoms with Crippen LogP contribution in [0.1, 0.15) is 27.5 Å². The summed E-state index contributed by atoms with van der Waals surface area (Å²) in [5, 5.41) is 17.0. The summed E-state index contributed by atoms with van der Waals surface area (Å²) in [7, 11) is 3.34. The first-order chi connectivity index (χ1) is 13.3. The van der Waals surface area contributed by atoms with Gasteiger partial charge in [0.1, 0.15) is 12.1 Å². The molecule has 3 aromatic rings. The molecule has 0 saturated heterocycles. The van der Waals surface area contributed by atoms with Crippen LogP contribution in [-0.4, -0.2) is 36.0 Å². The summed E-state index contributed by atoms with van der Waals surface area (Å²) < 4.78 is 10.7. The molecule has 138 valence electrons. The fourth-order valence-electron chi connectivity index (χ4n) is 2.88. The van der Waals surface area contributed by atoms with Crippen LogP contribution in [-0.2, 0) is 11.2 Å². The van der Waals surface area contributed by atoms with Crippen LogP contribution < -0.4 is 4.74 Å². The third-order valence-corrected chi connectivity index (χ3v) is 5.36. The zero-order valence-electron chi connectivity index (χ0n) is 15.2. The van der Waals surface area contributed by atoms with E-state index in [9.17, 15) is 5.26 Å². The molecule has 0 amide bonds. The Hall–Kier alpha value is -2.82. The van der Waals surface area contributed by atoms with Gasteiger partial charge in [-0.1, -0.05) is 36.0 Å². The van der Waals surface area contributed by atoms with Crippen LogP contribution in [0.4, 0.5) is 0 Å². The number of thioether (sulfide) groups is 1. The van der Waals surface area contributed by atoms with E-state index in [4.69, 9.17) is 9.47 Å². The van der Waals surface area contributed by atoms with Crippen LogP contribution in [0.3, 0.4) is 0 Å². The molecule has 7 heteroatoms. The van der Waals surface area contributed by atoms with Gasteiger partial charge in [0.25, 0.3) is 0 Å². The summed E-state index contributed by atoms with van der Waals surface area (Å²) in [5.74, 6) is 0.793. The van der Waals surface area contributed by atoms with E-state index < -0.39 is 0 Å². The lowest BCUT2D eigenvalue weighted by Gasteiger charge is -2.21. The maximum atomic E-state index is 9.60. The van der Waals surface area contributed by atoms with Crippen LogP contribution >= 0.6 is 11.8 Å². The van der Waals surface area contributed by atoms with Gasteiger partial charge in [0.2, 0.25) is 0 Å². The smallest absolute Gasteiger partial charge is 0.184 e. The first-order valence-electron chi connectivity index (χ1n) is 8.43. The molecular weight excluding hydrogens is 360 g/mol. The van der Waals surface area contributed by atoms with E-state index in [1.807, 2.05) is 42.5 Å². The Morgan fingerprint density at radius 2 is 2.04 bits per heavy atom. The van der Waals surface area contributed by atoms with E-state index in [1.165, 1.54) is 18.1 Å². The number of hydrogen-bond donors (Lipinski definition) is 1. The van der Waals surface area contributed by atoms with Gasteiger partial charge in [-0.2, -0.15) is 10.4 Å². The van der Waals surface area contributed by atoms with Crippen LogP contribution in [0.25, 0.3) is 0 Å². The van der Waals surface area contributed by atoms with Gasteiger partial charge in [-0.15, -0.1) is 0 Å². The number of rotatable bonds is 8. The van der Waals surface area contributed by atoms with Gasteiger partial charge >= 0.3 is 0 Å². The molecule has 0 radical (unpaired) electrons. The predicted molar refractivity (Wildman–Crippen MR) is 104 cm³/mol. The third-order valence-electron chi connectivity index (χ3n) is 4.19. The molecule has 27 heavy (non-hydrogen) atoms. The highest BCUT2D eigenvalue weighted by Gasteiger charge is 2.23. The molecule has 0 aliphatic rings. The van der Waals surface area contributed by atoms with Crippen molar-refractivity contribution < 1.29 is 9.47 Å². The number of nitrogens with zero attached hydrogens (tertiary/aromatic N) is 3. The van der Waals surface area contributed by atoms with Crippen molar-refractivity contribution in [3.63, 3.8) is 0 Å². The summed E-state index contributed by atoms with van der Waals surface area (Å²) in [6.45, 7) is 0.597. The molecule has 6 nitrogen and oxygen atoms in total. The minimum absolute atomic E-state index is 0.119. The van der Waals surface area contributed by atoms with Gasteiger partial charge in [0, 0.05) is 7.11 Å². The SMILES string of the molecule is COCCc1cc(OC)ccc1C(Sc1ncn[nH]1)c1ccccc1C#N. The number of nitrogens with one attached hydrogen (secondary N) is 1. The van der Waals surface area contributed by atoms with E-state index >= 15 is 0 Å². The minimum atomic E-state index is -0.119. The summed E-state index contributed by atoms with van der Waals surface area (Å²) >= 11 is 1.53. The lowest BCUT2D eigenvalue weighted by atomic mass is 9.94. The Bertz CT molecular complexity index is 922. The summed E-state index contributed by atoms with van der Waals surface area (Å²) in [4.78, 5) is 4.25. The van der Waals surface area contributed by atoms with E-state index in [-0.39, 0.29) is 5.25 Å². The molecule has 0 bridgehead atoms. The second-order valence-electron chi connectivity index (χ2n) is 5.80. The molecule has 0 spiro atoms. The Labute approximate surface area is 162 Å². The van der Waals surface area contributed by atoms with E-state index in [0.29, 0.717) is 17.3 Å². The molecule has 1 N–H and O–H groups in total. The standard InChI is InChI=1S/C20H20N4O2S/c1-25-10-9-14-11-16(26-2)7-8-18(14)19(27-20-22-13-23-24-20)17-6-4-3-5-15(17)12-21/h3-8,11,13,19H,9-10H2,1-2H3,(H,22,23,24). The number of ether oxygens (including phenoxy) is 2. The monoisotopic (exact) mass is 380 g/mol. The number of aromatic amines is 1. The fourth-order valence-corrected chi connectivity index (χ4v) is 4.00. The summed E-state index contributed by atoms with van der Waals surface area (Å²) in [5.41, 5.74) is 3.78. The quantitative estimate of drug-likeness (QED) is 0.599. The lowest BCUT2D eigenvalue weighted by Crippen LogP contribution is -2.07. The molecule has 1 unspecified atom stereocenters. The molecule has 0 fully saturated rings. The normalized spacial score (nSPS) is 11.7. The Morgan fingerprint density at radius 3 is 2.74 bits per heavy atom. The van der Waals surface area contributed by atoms with Crippen LogP contribution in [0.5, 0.6) is 5.75 Å². The van der Waals surface area contributed by atoms with Crippen molar-refractivity contribution in [2.45, 2.75) is 16.8 Å². The van der Waals surface area contributed by atoms with Gasteiger partial charge in [0.05, 0.1) is 30.6 Å². The Morgan fingerprint density at radius 1 is 1.19 bits per heavy atom. The molecule has 0 aliphatic carbocycles. The van der Waals surface area contributed by atoms with Gasteiger partial charge in [-0.3, -0.25) is 5.10 Å². The maximum absolute atomic E-state index is 9.60. The predicted octanol–water partition coefficient (Wildman–Crippen LogP) is 3.76. The van der Waals surface area contributed by atoms with Gasteiger partial charge in [-0.25, -0.2) is 4.98 Å². The average Bonchev–Trinajstić information content (AvgIpc) is 3.23. The highest BCUT2D eigenvalue weighted by Crippen LogP contribution is 2.42. The average molecular weight is 380 g/mol. The van der Waals surface area contributed by atoms with E-state index in [0.717, 1.165) is 28.9 Å². The number of methoxy groups -OCH3 is 2. The van der Waals surface area contributed by atoms with Crippen molar-refractivity contribution in [3.8, 4) is 11.8 Å². The topological polar surface area (TPSA) is 83.8 Å². The number of aromatic nitrogens is 3. The van der Waals surface area contributed by atoms with Crippen LogP contribution in [0, 0.1) is 11.3 Å². The number of nitriles is 1. The lowest BCUT2D eigenvalue weighted by molar-refractivity contribution is 0.202. The molecule has 1 atom stereocenters. The van der Waals surface area contributed by atoms with Gasteiger partial charge in [0.15, 0.2) is 5.16 Å². The van der Waals surface area contributed by atoms with Gasteiger partial charge < -0.3 is 9.47 Å². The van der Waals surface area contributed by atoms with Crippen molar-refractivity contribution >= 4 is 11.8 Å². The maximum Gasteiger partial charge on any atom is 0.184 e. The molecule has 3 rings (SSSR count). The second-order valence-corrected chi connectivity index (χ2v) is 6.89. The number of H-pyrrole nitrogens is 1. The number of benzene rings is 2. The summed E-state index contributed by atoms with van der Waals surface area (Å²) in [6.07, 6.45) is 2.22. The highest BCUT2D eigenvalue weighted by atomic mass is 32.2. The zero-order valence-corrected chi connectivity index (χ0v) is 16.0. The van der Waals surface area contributed by atoms with Crippen molar-refractivity contribution in [2.75, 3.05) is 20.8 Å². The highest BCUT2D eigenvalue weighted by molar-refractivity contribution is 7.99. The van der Waals surface area contributed by atoms with E-state index in [2.05, 4.69) is 21.3 Å². The van der Waals surface area contributed by atoms with Crippen molar-refractivity contribution in [1.29, 1.82) is 5.26 Å². The zero-order chi connectivity index (χ0) is 19.1. The van der Waals surface area contributed by atoms with Gasteiger partial charge in [-0.05, 0) is 41.3 Å². The molecule has 2 aromatic carbocycles. The van der Waals surface area contributed by atoms with Crippen LogP contribution in [0.15, 0.2) is 53.9 Å². The number of hydrogen-bond acceptors (Lipinski definition) is 6. The third kappa shape index (κ3) is 4.48. The van der Waals surface area contributed by atoms with Crippen molar-refractivity contribution in [1.82, 2.24) is 15.2 Å². The molecule has 1 heterocycles. The Kier molecular flexibility index (Phi) is 6.47. The molecular formula is C20H20N4O2S. The van der Waals surface area contributed by atoms with Crippen molar-refractivity contribution in [3.05, 3.63) is 71.0 Å². The molecule has 1 aromatic heterocycles. The Balaban J connectivity index is 2.11. The minimum Gasteiger partial charge on any atom is -0.497 e. The largest absolute Gasteiger partial charge is 0.497 e. The van der Waals surface area contributed by atoms with Crippen LogP contribution in [0.2, 0.25) is 0 Å². The summed E-state index contributed by atoms with van der Waals surface area (Å²) in [6, 6.07) is 16.0. The van der Waals surface area contributed by atoms with Crippen molar-refractivity contribution in [2.24, 2.45) is 0 Å². The first-order valence-corrected chi connectivity index (χ1v) is 9.31. The first kappa shape index (κ1) is 19.0. The molecule has 0 aliphatic heterocycles.